The van der Waals surface area contributed by atoms with Gasteiger partial charge in [-0.05, 0) is 66.8 Å². The Labute approximate surface area is 228 Å². The molecule has 5 unspecified atom stereocenters. The summed E-state index contributed by atoms with van der Waals surface area (Å²) in [5.41, 5.74) is 8.16. The highest BCUT2D eigenvalue weighted by Crippen LogP contribution is 2.35. The van der Waals surface area contributed by atoms with Crippen LogP contribution in [0, 0.1) is 11.7 Å². The van der Waals surface area contributed by atoms with Crippen LogP contribution in [0.1, 0.15) is 29.2 Å². The van der Waals surface area contributed by atoms with Crippen LogP contribution in [0.4, 0.5) is 4.39 Å². The van der Waals surface area contributed by atoms with Crippen molar-refractivity contribution < 1.29 is 24.1 Å². The molecule has 3 aromatic carbocycles. The molecule has 1 heterocycles. The fraction of sp³-hybridized carbons (Fsp3) is 0.321. The highest BCUT2D eigenvalue weighted by molar-refractivity contribution is 9.10. The first-order chi connectivity index (χ1) is 17.7. The zero-order valence-corrected chi connectivity index (χ0v) is 22.3. The van der Waals surface area contributed by atoms with Gasteiger partial charge < -0.3 is 26.0 Å². The van der Waals surface area contributed by atoms with Gasteiger partial charge >= 0.3 is 0 Å². The fourth-order valence-electron chi connectivity index (χ4n) is 4.52. The second-order valence-electron chi connectivity index (χ2n) is 9.34. The Bertz CT molecular complexity index is 1230. The molecule has 1 amide bonds. The summed E-state index contributed by atoms with van der Waals surface area (Å²) >= 11 is 9.55. The van der Waals surface area contributed by atoms with Crippen LogP contribution in [0.5, 0.6) is 5.75 Å². The third-order valence-electron chi connectivity index (χ3n) is 6.60. The van der Waals surface area contributed by atoms with Gasteiger partial charge in [-0.25, -0.2) is 4.39 Å². The zero-order chi connectivity index (χ0) is 26.5. The first kappa shape index (κ1) is 27.5. The molecule has 5 N–H and O–H groups in total. The summed E-state index contributed by atoms with van der Waals surface area (Å²) in [7, 11) is 0. The highest BCUT2D eigenvalue weighted by Gasteiger charge is 2.34. The molecule has 0 radical (unpaired) electrons. The predicted octanol–water partition coefficient (Wildman–Crippen LogP) is 4.33. The first-order valence-electron chi connectivity index (χ1n) is 12.0. The number of benzene rings is 3. The van der Waals surface area contributed by atoms with E-state index in [1.54, 1.807) is 36.4 Å². The number of aliphatic hydroxyl groups is 2. The van der Waals surface area contributed by atoms with Gasteiger partial charge in [0.2, 0.25) is 5.91 Å². The number of carbonyl (C=O) groups excluding carboxylic acids is 1. The Kier molecular flexibility index (Phi) is 9.21. The summed E-state index contributed by atoms with van der Waals surface area (Å²) in [6, 6.07) is 17.4. The molecule has 1 aliphatic heterocycles. The van der Waals surface area contributed by atoms with Gasteiger partial charge in [0.15, 0.2) is 0 Å². The summed E-state index contributed by atoms with van der Waals surface area (Å²) in [6.45, 7) is -0.00174. The largest absolute Gasteiger partial charge is 0.490 e. The molecule has 6 nitrogen and oxygen atoms in total. The lowest BCUT2D eigenvalue weighted by Crippen LogP contribution is -2.46. The molecule has 1 aliphatic rings. The van der Waals surface area contributed by atoms with Crippen LogP contribution in [0.3, 0.4) is 0 Å². The first-order valence-corrected chi connectivity index (χ1v) is 13.2. The smallest absolute Gasteiger partial charge is 0.224 e. The molecule has 196 valence electrons. The van der Waals surface area contributed by atoms with Crippen LogP contribution in [0.15, 0.2) is 71.2 Å². The lowest BCUT2D eigenvalue weighted by Gasteiger charge is -2.33. The van der Waals surface area contributed by atoms with Gasteiger partial charge in [0.1, 0.15) is 24.3 Å². The standard InChI is InChI=1S/C28H29BrClFN2O4/c29-19-7-5-16(6-8-19)11-23(32)24(34)13-18(12-17-3-1-2-4-22(17)31)28(36)33-27-21-14-20(30)9-10-26(21)37-15-25(27)35/h1-10,14,18,23-25,27,34-35H,11-13,15,32H2,(H,33,36). The minimum atomic E-state index is -1.02. The predicted molar refractivity (Wildman–Crippen MR) is 144 cm³/mol. The normalized spacial score (nSPS) is 19.3. The SMILES string of the molecule is NC(Cc1ccc(Br)cc1)C(O)CC(Cc1ccccc1F)C(=O)NC1c2cc(Cl)ccc2OCC1O. The number of nitrogens with one attached hydrogen (secondary N) is 1. The van der Waals surface area contributed by atoms with Crippen molar-refractivity contribution in [3.63, 3.8) is 0 Å². The minimum Gasteiger partial charge on any atom is -0.490 e. The number of carbonyl (C=O) groups is 1. The monoisotopic (exact) mass is 590 g/mol. The maximum atomic E-state index is 14.5. The molecule has 0 aromatic heterocycles. The van der Waals surface area contributed by atoms with Crippen LogP contribution in [0.2, 0.25) is 5.02 Å². The molecule has 9 heteroatoms. The molecule has 3 aromatic rings. The Hall–Kier alpha value is -2.49. The molecule has 0 saturated carbocycles. The number of nitrogens with two attached hydrogens (primary N) is 1. The topological polar surface area (TPSA) is 105 Å². The molecule has 0 fully saturated rings. The number of ether oxygens (including phenoxy) is 1. The molecular formula is C28H29BrClFN2O4. The maximum Gasteiger partial charge on any atom is 0.224 e. The van der Waals surface area contributed by atoms with Crippen molar-refractivity contribution in [2.24, 2.45) is 11.7 Å². The molecule has 0 saturated heterocycles. The van der Waals surface area contributed by atoms with Crippen molar-refractivity contribution in [2.45, 2.75) is 43.6 Å². The quantitative estimate of drug-likeness (QED) is 0.297. The molecule has 5 atom stereocenters. The van der Waals surface area contributed by atoms with Gasteiger partial charge in [0.25, 0.3) is 0 Å². The lowest BCUT2D eigenvalue weighted by molar-refractivity contribution is -0.128. The molecule has 0 aliphatic carbocycles. The number of halogens is 3. The molecular weight excluding hydrogens is 563 g/mol. The van der Waals surface area contributed by atoms with E-state index in [9.17, 15) is 19.4 Å². The summed E-state index contributed by atoms with van der Waals surface area (Å²) < 4.78 is 21.0. The summed E-state index contributed by atoms with van der Waals surface area (Å²) in [5, 5.41) is 24.9. The van der Waals surface area contributed by atoms with E-state index in [1.165, 1.54) is 6.07 Å². The van der Waals surface area contributed by atoms with Gasteiger partial charge in [0, 0.05) is 27.0 Å². The van der Waals surface area contributed by atoms with Crippen molar-refractivity contribution in [1.29, 1.82) is 0 Å². The van der Waals surface area contributed by atoms with Crippen molar-refractivity contribution in [2.75, 3.05) is 6.61 Å². The number of fused-ring (bicyclic) bond motifs is 1. The molecule has 0 bridgehead atoms. The van der Waals surface area contributed by atoms with E-state index in [0.717, 1.165) is 10.0 Å². The van der Waals surface area contributed by atoms with Gasteiger partial charge in [-0.3, -0.25) is 4.79 Å². The summed E-state index contributed by atoms with van der Waals surface area (Å²) in [4.78, 5) is 13.5. The van der Waals surface area contributed by atoms with Gasteiger partial charge in [-0.15, -0.1) is 0 Å². The number of amides is 1. The fourth-order valence-corrected chi connectivity index (χ4v) is 4.97. The van der Waals surface area contributed by atoms with E-state index in [0.29, 0.717) is 28.3 Å². The van der Waals surface area contributed by atoms with E-state index < -0.39 is 41.9 Å². The minimum absolute atomic E-state index is 0.00174. The number of aliphatic hydroxyl groups excluding tert-OH is 2. The van der Waals surface area contributed by atoms with Crippen molar-refractivity contribution in [3.05, 3.63) is 98.7 Å². The molecule has 4 rings (SSSR count). The Morgan fingerprint density at radius 2 is 1.89 bits per heavy atom. The third kappa shape index (κ3) is 7.09. The highest BCUT2D eigenvalue weighted by atomic mass is 79.9. The number of hydrogen-bond acceptors (Lipinski definition) is 5. The van der Waals surface area contributed by atoms with Crippen LogP contribution >= 0.6 is 27.5 Å². The van der Waals surface area contributed by atoms with E-state index in [-0.39, 0.29) is 19.4 Å². The van der Waals surface area contributed by atoms with Crippen molar-refractivity contribution in [3.8, 4) is 5.75 Å². The average molecular weight is 592 g/mol. The van der Waals surface area contributed by atoms with Crippen LogP contribution < -0.4 is 15.8 Å². The Morgan fingerprint density at radius 3 is 2.62 bits per heavy atom. The van der Waals surface area contributed by atoms with Crippen molar-refractivity contribution in [1.82, 2.24) is 5.32 Å². The van der Waals surface area contributed by atoms with Crippen molar-refractivity contribution >= 4 is 33.4 Å². The van der Waals surface area contributed by atoms with E-state index in [2.05, 4.69) is 21.2 Å². The van der Waals surface area contributed by atoms with Gasteiger partial charge in [-0.2, -0.15) is 0 Å². The van der Waals surface area contributed by atoms with Crippen LogP contribution in [0.25, 0.3) is 0 Å². The second kappa shape index (κ2) is 12.4. The average Bonchev–Trinajstić information content (AvgIpc) is 2.87. The zero-order valence-electron chi connectivity index (χ0n) is 20.0. The van der Waals surface area contributed by atoms with Crippen LogP contribution in [-0.2, 0) is 17.6 Å². The Balaban J connectivity index is 1.53. The summed E-state index contributed by atoms with van der Waals surface area (Å²) in [5.74, 6) is -1.16. The maximum absolute atomic E-state index is 14.5. The van der Waals surface area contributed by atoms with Gasteiger partial charge in [-0.1, -0.05) is 57.9 Å². The van der Waals surface area contributed by atoms with Gasteiger partial charge in [0.05, 0.1) is 12.1 Å². The number of hydrogen-bond donors (Lipinski definition) is 4. The second-order valence-corrected chi connectivity index (χ2v) is 10.7. The summed E-state index contributed by atoms with van der Waals surface area (Å²) in [6.07, 6.45) is -1.55. The Morgan fingerprint density at radius 1 is 1.16 bits per heavy atom. The molecule has 0 spiro atoms. The van der Waals surface area contributed by atoms with E-state index in [1.807, 2.05) is 24.3 Å². The van der Waals surface area contributed by atoms with Crippen LogP contribution in [-0.4, -0.2) is 41.0 Å². The van der Waals surface area contributed by atoms with E-state index in [4.69, 9.17) is 22.1 Å². The molecule has 37 heavy (non-hydrogen) atoms. The van der Waals surface area contributed by atoms with E-state index >= 15 is 0 Å². The third-order valence-corrected chi connectivity index (χ3v) is 7.36. The number of rotatable bonds is 9. The lowest BCUT2D eigenvalue weighted by atomic mass is 9.88.